The number of carbonyl (C=O) groups excluding carboxylic acids is 4. The molecule has 8 rings (SSSR count). The Morgan fingerprint density at radius 1 is 0.915 bits per heavy atom. The van der Waals surface area contributed by atoms with Crippen LogP contribution in [0.4, 0.5) is 5.69 Å². The van der Waals surface area contributed by atoms with Crippen molar-refractivity contribution in [2.75, 3.05) is 70.3 Å². The van der Waals surface area contributed by atoms with Crippen molar-refractivity contribution in [1.29, 1.82) is 0 Å². The molecular weight excluding hydrogens is 788 g/mol. The van der Waals surface area contributed by atoms with Crippen LogP contribution < -0.4 is 36.8 Å². The maximum absolute atomic E-state index is 13.7. The molecule has 6 saturated heterocycles. The van der Waals surface area contributed by atoms with Crippen molar-refractivity contribution in [3.8, 4) is 0 Å². The number of hydrogen-bond acceptors (Lipinski definition) is 12. The van der Waals surface area contributed by atoms with Crippen molar-refractivity contribution in [3.05, 3.63) is 29.8 Å². The number of benzene rings is 1. The Bertz CT molecular complexity index is 1630. The largest absolute Gasteiger partial charge is 0.372 e. The molecule has 0 spiro atoms. The zero-order chi connectivity index (χ0) is 41.0. The SMILES string of the molecule is CC1NC(NC2NCC(C(=O)NC3C(C)CCCC3Cl)S2)CC(N2CCN(C(=O)C3CCN(CC4CCN(c5cccc(C6CCC(=O)NC6=O)c5)CC4)CC3)CC2)N1. The fourth-order valence-corrected chi connectivity index (χ4v) is 12.3. The summed E-state index contributed by atoms with van der Waals surface area (Å²) in [6, 6.07) is 8.37. The number of imide groups is 1. The van der Waals surface area contributed by atoms with Gasteiger partial charge in [-0.2, -0.15) is 0 Å². The highest BCUT2D eigenvalue weighted by molar-refractivity contribution is 8.01. The molecule has 1 aromatic rings. The number of alkyl halides is 1. The Labute approximate surface area is 359 Å². The summed E-state index contributed by atoms with van der Waals surface area (Å²) in [5.74, 6) is 0.979. The Morgan fingerprint density at radius 3 is 2.44 bits per heavy atom. The zero-order valence-corrected chi connectivity index (χ0v) is 36.6. The fourth-order valence-electron chi connectivity index (χ4n) is 10.7. The first-order valence-electron chi connectivity index (χ1n) is 22.6. The van der Waals surface area contributed by atoms with Crippen LogP contribution in [0.1, 0.15) is 89.5 Å². The number of piperidine rings is 3. The number of piperazine rings is 1. The number of halogens is 1. The number of likely N-dealkylation sites (tertiary alicyclic amines) is 1. The third-order valence-electron chi connectivity index (χ3n) is 14.2. The van der Waals surface area contributed by atoms with Gasteiger partial charge in [-0.15, -0.1) is 23.4 Å². The van der Waals surface area contributed by atoms with Crippen molar-refractivity contribution >= 4 is 52.7 Å². The first-order valence-corrected chi connectivity index (χ1v) is 24.0. The van der Waals surface area contributed by atoms with Crippen LogP contribution in [0, 0.1) is 17.8 Å². The van der Waals surface area contributed by atoms with Gasteiger partial charge in [0.15, 0.2) is 0 Å². The Balaban J connectivity index is 0.723. The van der Waals surface area contributed by atoms with Gasteiger partial charge in [0.2, 0.25) is 23.6 Å². The normalized spacial score (nSPS) is 34.8. The molecule has 9 unspecified atom stereocenters. The topological polar surface area (TPSA) is 153 Å². The van der Waals surface area contributed by atoms with Gasteiger partial charge in [0, 0.05) is 82.8 Å². The van der Waals surface area contributed by atoms with E-state index in [-0.39, 0.29) is 70.2 Å². The molecule has 0 bridgehead atoms. The highest BCUT2D eigenvalue weighted by Gasteiger charge is 2.39. The molecule has 6 heterocycles. The van der Waals surface area contributed by atoms with E-state index in [1.165, 1.54) is 0 Å². The standard InChI is InChI=1S/C43H67ClN10O4S/c1-27-5-3-8-34(44)39(27)50-41(57)35-25-45-43(59-35)48-36-24-37(47-28(2)46-36)53-19-21-54(22-20-53)42(58)30-13-15-51(16-14-30)26-29-11-17-52(18-12-29)32-7-4-6-31(23-32)33-9-10-38(55)49-40(33)56/h4,6-7,23,27-30,33-37,39,43,45-48H,3,5,8-22,24-26H2,1-2H3,(H,50,57)(H,49,55,56). The molecule has 9 atom stereocenters. The number of rotatable bonds is 10. The summed E-state index contributed by atoms with van der Waals surface area (Å²) in [7, 11) is 0. The van der Waals surface area contributed by atoms with Crippen LogP contribution in [0.3, 0.4) is 0 Å². The smallest absolute Gasteiger partial charge is 0.234 e. The van der Waals surface area contributed by atoms with Gasteiger partial charge in [-0.05, 0) is 94.5 Å². The average molecular weight is 856 g/mol. The summed E-state index contributed by atoms with van der Waals surface area (Å²) < 4.78 is 0. The van der Waals surface area contributed by atoms with Crippen LogP contribution in [0.15, 0.2) is 24.3 Å². The lowest BCUT2D eigenvalue weighted by atomic mass is 9.85. The van der Waals surface area contributed by atoms with Crippen molar-refractivity contribution in [2.45, 2.75) is 125 Å². The van der Waals surface area contributed by atoms with Crippen molar-refractivity contribution in [2.24, 2.45) is 17.8 Å². The Kier molecular flexibility index (Phi) is 14.4. The van der Waals surface area contributed by atoms with E-state index in [0.717, 1.165) is 122 Å². The van der Waals surface area contributed by atoms with Gasteiger partial charge in [0.1, 0.15) is 5.50 Å². The van der Waals surface area contributed by atoms with E-state index < -0.39 is 0 Å². The second-order valence-corrected chi connectivity index (χ2v) is 20.2. The van der Waals surface area contributed by atoms with Gasteiger partial charge in [-0.1, -0.05) is 25.5 Å². The summed E-state index contributed by atoms with van der Waals surface area (Å²) in [5, 5.41) is 20.2. The van der Waals surface area contributed by atoms with Crippen molar-refractivity contribution in [3.63, 3.8) is 0 Å². The van der Waals surface area contributed by atoms with Gasteiger partial charge in [0.05, 0.1) is 35.0 Å². The van der Waals surface area contributed by atoms with Gasteiger partial charge >= 0.3 is 0 Å². The number of nitrogens with zero attached hydrogens (tertiary/aromatic N) is 4. The van der Waals surface area contributed by atoms with Gasteiger partial charge < -0.3 is 20.0 Å². The second-order valence-electron chi connectivity index (χ2n) is 18.4. The summed E-state index contributed by atoms with van der Waals surface area (Å²) in [6.45, 7) is 13.3. The summed E-state index contributed by atoms with van der Waals surface area (Å²) in [4.78, 5) is 60.7. The molecule has 326 valence electrons. The summed E-state index contributed by atoms with van der Waals surface area (Å²) >= 11 is 8.26. The Hall–Kier alpha value is -2.50. The van der Waals surface area contributed by atoms with Crippen LogP contribution in [-0.4, -0.2) is 144 Å². The van der Waals surface area contributed by atoms with E-state index in [1.54, 1.807) is 11.8 Å². The minimum atomic E-state index is -0.255. The average Bonchev–Trinajstić information content (AvgIpc) is 3.71. The maximum Gasteiger partial charge on any atom is 0.234 e. The minimum Gasteiger partial charge on any atom is -0.372 e. The molecule has 7 fully saturated rings. The molecule has 16 heteroatoms. The first-order chi connectivity index (χ1) is 28.6. The quantitative estimate of drug-likeness (QED) is 0.152. The zero-order valence-electron chi connectivity index (χ0n) is 35.0. The van der Waals surface area contributed by atoms with Crippen LogP contribution in [0.25, 0.3) is 0 Å². The molecule has 7 aliphatic rings. The molecule has 59 heavy (non-hydrogen) atoms. The van der Waals surface area contributed by atoms with Crippen molar-refractivity contribution in [1.82, 2.24) is 46.6 Å². The van der Waals surface area contributed by atoms with E-state index in [4.69, 9.17) is 11.6 Å². The Morgan fingerprint density at radius 2 is 1.69 bits per heavy atom. The molecule has 6 aliphatic heterocycles. The lowest BCUT2D eigenvalue weighted by Gasteiger charge is -2.46. The number of amides is 4. The van der Waals surface area contributed by atoms with E-state index in [0.29, 0.717) is 37.1 Å². The van der Waals surface area contributed by atoms with E-state index in [2.05, 4.69) is 77.5 Å². The number of anilines is 1. The highest BCUT2D eigenvalue weighted by atomic mass is 35.5. The summed E-state index contributed by atoms with van der Waals surface area (Å²) in [5.41, 5.74) is 2.15. The molecule has 1 aromatic carbocycles. The van der Waals surface area contributed by atoms with Gasteiger partial charge in [-0.3, -0.25) is 50.7 Å². The molecule has 1 saturated carbocycles. The van der Waals surface area contributed by atoms with E-state index >= 15 is 0 Å². The minimum absolute atomic E-state index is 0.00666. The number of nitrogens with one attached hydrogen (secondary N) is 6. The van der Waals surface area contributed by atoms with Gasteiger partial charge in [0.25, 0.3) is 0 Å². The summed E-state index contributed by atoms with van der Waals surface area (Å²) in [6.07, 6.45) is 9.63. The molecule has 0 aromatic heterocycles. The van der Waals surface area contributed by atoms with Crippen LogP contribution >= 0.6 is 23.4 Å². The van der Waals surface area contributed by atoms with Crippen LogP contribution in [-0.2, 0) is 19.2 Å². The number of thioether (sulfide) groups is 1. The third-order valence-corrected chi connectivity index (χ3v) is 16.0. The van der Waals surface area contributed by atoms with Crippen molar-refractivity contribution < 1.29 is 19.2 Å². The van der Waals surface area contributed by atoms with E-state index in [1.807, 2.05) is 12.1 Å². The maximum atomic E-state index is 13.7. The second kappa shape index (κ2) is 19.7. The first kappa shape index (κ1) is 43.2. The van der Waals surface area contributed by atoms with Gasteiger partial charge in [-0.25, -0.2) is 0 Å². The highest BCUT2D eigenvalue weighted by Crippen LogP contribution is 2.32. The van der Waals surface area contributed by atoms with Crippen LogP contribution in [0.5, 0.6) is 0 Å². The lowest BCUT2D eigenvalue weighted by molar-refractivity contribution is -0.139. The third kappa shape index (κ3) is 10.8. The predicted molar refractivity (Wildman–Crippen MR) is 233 cm³/mol. The fraction of sp³-hybridized carbons (Fsp3) is 0.767. The number of hydrogen-bond donors (Lipinski definition) is 6. The predicted octanol–water partition coefficient (Wildman–Crippen LogP) is 2.35. The molecule has 0 radical (unpaired) electrons. The van der Waals surface area contributed by atoms with E-state index in [9.17, 15) is 19.2 Å². The monoisotopic (exact) mass is 854 g/mol. The lowest BCUT2D eigenvalue weighted by Crippen LogP contribution is -2.68. The molecule has 6 N–H and O–H groups in total. The molecule has 14 nitrogen and oxygen atoms in total. The molecule has 4 amide bonds. The molecular formula is C43H67ClN10O4S. The number of carbonyl (C=O) groups is 4. The van der Waals surface area contributed by atoms with Crippen LogP contribution in [0.2, 0.25) is 0 Å². The molecule has 1 aliphatic carbocycles.